The number of hydrogen-bond acceptors (Lipinski definition) is 3. The Morgan fingerprint density at radius 3 is 2.60 bits per heavy atom. The Labute approximate surface area is 185 Å². The fourth-order valence-electron chi connectivity index (χ4n) is 3.99. The van der Waals surface area contributed by atoms with Gasteiger partial charge in [0.25, 0.3) is 0 Å². The van der Waals surface area contributed by atoms with E-state index >= 15 is 0 Å². The van der Waals surface area contributed by atoms with Gasteiger partial charge < -0.3 is 5.73 Å². The van der Waals surface area contributed by atoms with Gasteiger partial charge in [-0.25, -0.2) is 0 Å². The maximum atomic E-state index is 13.1. The third kappa shape index (κ3) is 5.53. The molecule has 0 saturated carbocycles. The largest absolute Gasteiger partial charge is 0.326 e. The Morgan fingerprint density at radius 1 is 1.03 bits per heavy atom. The molecule has 0 spiro atoms. The topological polar surface area (TPSA) is 43.1 Å². The molecule has 3 aromatic rings. The average molecular weight is 420 g/mol. The van der Waals surface area contributed by atoms with Gasteiger partial charge in [0, 0.05) is 17.4 Å². The quantitative estimate of drug-likeness (QED) is 0.368. The maximum absolute atomic E-state index is 13.1. The molecule has 0 saturated heterocycles. The van der Waals surface area contributed by atoms with Crippen LogP contribution in [0.4, 0.5) is 0 Å². The van der Waals surface area contributed by atoms with Gasteiger partial charge >= 0.3 is 0 Å². The van der Waals surface area contributed by atoms with E-state index in [-0.39, 0.29) is 10.4 Å². The molecule has 2 nitrogen and oxygen atoms in total. The van der Waals surface area contributed by atoms with Crippen LogP contribution in [-0.4, -0.2) is 5.12 Å². The van der Waals surface area contributed by atoms with Gasteiger partial charge in [-0.15, -0.1) is 0 Å². The summed E-state index contributed by atoms with van der Waals surface area (Å²) < 4.78 is 0. The van der Waals surface area contributed by atoms with Crippen molar-refractivity contribution in [1.29, 1.82) is 0 Å². The highest BCUT2D eigenvalue weighted by atomic mass is 32.2. The highest BCUT2D eigenvalue weighted by Crippen LogP contribution is 2.37. The lowest BCUT2D eigenvalue weighted by Gasteiger charge is -2.17. The van der Waals surface area contributed by atoms with Gasteiger partial charge in [-0.3, -0.25) is 4.79 Å². The molecule has 1 unspecified atom stereocenters. The number of hydrogen-bond donors (Lipinski definition) is 1. The summed E-state index contributed by atoms with van der Waals surface area (Å²) in [4.78, 5) is 13.1. The number of fused-ring (bicyclic) bond motifs is 1. The van der Waals surface area contributed by atoms with Gasteiger partial charge in [-0.2, -0.15) is 0 Å². The molecule has 0 bridgehead atoms. The molecule has 0 aliphatic rings. The van der Waals surface area contributed by atoms with Crippen LogP contribution in [0.15, 0.2) is 54.6 Å². The number of aryl methyl sites for hydroxylation is 2. The van der Waals surface area contributed by atoms with Crippen molar-refractivity contribution in [2.75, 3.05) is 0 Å². The molecular weight excluding hydrogens is 386 g/mol. The summed E-state index contributed by atoms with van der Waals surface area (Å²) in [5, 5.41) is 2.68. The van der Waals surface area contributed by atoms with Crippen LogP contribution in [0, 0.1) is 6.92 Å². The molecule has 0 aromatic heterocycles. The molecule has 158 valence electrons. The van der Waals surface area contributed by atoms with E-state index in [9.17, 15) is 4.79 Å². The summed E-state index contributed by atoms with van der Waals surface area (Å²) in [6.07, 6.45) is 6.13. The molecule has 0 amide bonds. The van der Waals surface area contributed by atoms with Crippen LogP contribution in [-0.2, 0) is 13.0 Å². The minimum atomic E-state index is 0.0733. The summed E-state index contributed by atoms with van der Waals surface area (Å²) in [7, 11) is 0. The van der Waals surface area contributed by atoms with Crippen LogP contribution in [0.1, 0.15) is 77.4 Å². The van der Waals surface area contributed by atoms with Gasteiger partial charge in [0.1, 0.15) is 0 Å². The number of nitrogens with two attached hydrogens (primary N) is 1. The SMILES string of the molecule is CCCCCCc1cc(C(C)SC(=O)c2cc(C)ccc2CN)c2ccccc2c1. The first kappa shape index (κ1) is 22.6. The molecule has 0 radical (unpaired) electrons. The Morgan fingerprint density at radius 2 is 1.83 bits per heavy atom. The van der Waals surface area contributed by atoms with E-state index in [0.717, 1.165) is 23.1 Å². The van der Waals surface area contributed by atoms with Crippen molar-refractivity contribution in [3.8, 4) is 0 Å². The minimum absolute atomic E-state index is 0.0733. The first-order valence-corrected chi connectivity index (χ1v) is 11.9. The monoisotopic (exact) mass is 419 g/mol. The van der Waals surface area contributed by atoms with E-state index in [1.165, 1.54) is 59.3 Å². The van der Waals surface area contributed by atoms with Gasteiger partial charge in [0.2, 0.25) is 5.12 Å². The van der Waals surface area contributed by atoms with E-state index in [1.807, 2.05) is 25.1 Å². The number of carbonyl (C=O) groups excluding carboxylic acids is 1. The standard InChI is InChI=1S/C27H33NOS/c1-4-5-6-7-10-21-16-22-11-8-9-12-24(22)25(17-21)20(3)30-27(29)26-15-19(2)13-14-23(26)18-28/h8-9,11-17,20H,4-7,10,18,28H2,1-3H3. The maximum Gasteiger partial charge on any atom is 0.220 e. The third-order valence-corrected chi connectivity index (χ3v) is 6.74. The Balaban J connectivity index is 1.87. The summed E-state index contributed by atoms with van der Waals surface area (Å²) >= 11 is 1.41. The molecule has 3 aromatic carbocycles. The zero-order valence-electron chi connectivity index (χ0n) is 18.4. The second-order valence-electron chi connectivity index (χ2n) is 8.13. The van der Waals surface area contributed by atoms with Crippen molar-refractivity contribution in [1.82, 2.24) is 0 Å². The lowest BCUT2D eigenvalue weighted by molar-refractivity contribution is 0.108. The molecule has 3 heteroatoms. The molecular formula is C27H33NOS. The molecule has 3 rings (SSSR count). The van der Waals surface area contributed by atoms with Crippen molar-refractivity contribution in [3.05, 3.63) is 82.4 Å². The van der Waals surface area contributed by atoms with Crippen molar-refractivity contribution in [3.63, 3.8) is 0 Å². The Bertz CT molecular complexity index is 1010. The number of rotatable bonds is 9. The average Bonchev–Trinajstić information content (AvgIpc) is 2.76. The smallest absolute Gasteiger partial charge is 0.220 e. The fraction of sp³-hybridized carbons (Fsp3) is 0.370. The highest BCUT2D eigenvalue weighted by molar-refractivity contribution is 8.14. The van der Waals surface area contributed by atoms with Gasteiger partial charge in [0.05, 0.1) is 0 Å². The Kier molecular flexibility index (Phi) is 8.12. The number of benzene rings is 3. The van der Waals surface area contributed by atoms with E-state index in [4.69, 9.17) is 5.73 Å². The van der Waals surface area contributed by atoms with Gasteiger partial charge in [-0.1, -0.05) is 92.0 Å². The lowest BCUT2D eigenvalue weighted by Crippen LogP contribution is -2.07. The van der Waals surface area contributed by atoms with Crippen molar-refractivity contribution < 1.29 is 4.79 Å². The lowest BCUT2D eigenvalue weighted by atomic mass is 9.96. The molecule has 30 heavy (non-hydrogen) atoms. The van der Waals surface area contributed by atoms with E-state index in [0.29, 0.717) is 6.54 Å². The van der Waals surface area contributed by atoms with Crippen LogP contribution in [0.5, 0.6) is 0 Å². The van der Waals surface area contributed by atoms with E-state index in [2.05, 4.69) is 50.2 Å². The van der Waals surface area contributed by atoms with Crippen LogP contribution in [0.3, 0.4) is 0 Å². The van der Waals surface area contributed by atoms with Gasteiger partial charge in [-0.05, 0) is 60.2 Å². The van der Waals surface area contributed by atoms with Crippen LogP contribution < -0.4 is 5.73 Å². The highest BCUT2D eigenvalue weighted by Gasteiger charge is 2.19. The van der Waals surface area contributed by atoms with E-state index < -0.39 is 0 Å². The number of thioether (sulfide) groups is 1. The first-order valence-electron chi connectivity index (χ1n) is 11.1. The predicted molar refractivity (Wildman–Crippen MR) is 131 cm³/mol. The van der Waals surface area contributed by atoms with E-state index in [1.54, 1.807) is 0 Å². The van der Waals surface area contributed by atoms with Crippen molar-refractivity contribution >= 4 is 27.6 Å². The van der Waals surface area contributed by atoms with Gasteiger partial charge in [0.15, 0.2) is 0 Å². The van der Waals surface area contributed by atoms with Crippen LogP contribution in [0.2, 0.25) is 0 Å². The summed E-state index contributed by atoms with van der Waals surface area (Å²) in [6.45, 7) is 6.78. The molecule has 0 fully saturated rings. The van der Waals surface area contributed by atoms with Crippen molar-refractivity contribution in [2.45, 2.75) is 64.7 Å². The molecule has 0 aliphatic heterocycles. The summed E-state index contributed by atoms with van der Waals surface area (Å²) in [5.74, 6) is 0. The van der Waals surface area contributed by atoms with Crippen molar-refractivity contribution in [2.24, 2.45) is 5.73 Å². The second kappa shape index (κ2) is 10.8. The molecule has 0 aliphatic carbocycles. The Hall–Kier alpha value is -2.10. The molecule has 0 heterocycles. The minimum Gasteiger partial charge on any atom is -0.326 e. The molecule has 2 N–H and O–H groups in total. The van der Waals surface area contributed by atoms with Crippen LogP contribution >= 0.6 is 11.8 Å². The number of unbranched alkanes of at least 4 members (excludes halogenated alkanes) is 3. The molecule has 1 atom stereocenters. The zero-order chi connectivity index (χ0) is 21.5. The number of carbonyl (C=O) groups is 1. The normalized spacial score (nSPS) is 12.3. The predicted octanol–water partition coefficient (Wildman–Crippen LogP) is 7.36. The zero-order valence-corrected chi connectivity index (χ0v) is 19.2. The van der Waals surface area contributed by atoms with Crippen LogP contribution in [0.25, 0.3) is 10.8 Å². The fourth-order valence-corrected chi connectivity index (χ4v) is 4.95. The second-order valence-corrected chi connectivity index (χ2v) is 9.44. The first-order chi connectivity index (χ1) is 14.5. The summed E-state index contributed by atoms with van der Waals surface area (Å²) in [5.41, 5.74) is 11.3. The third-order valence-electron chi connectivity index (χ3n) is 5.70. The summed E-state index contributed by atoms with van der Waals surface area (Å²) in [6, 6.07) is 19.1.